The Hall–Kier alpha value is -1.36. The van der Waals surface area contributed by atoms with Gasteiger partial charge in [0.05, 0.1) is 12.0 Å². The van der Waals surface area contributed by atoms with Crippen molar-refractivity contribution in [3.8, 4) is 6.07 Å². The summed E-state index contributed by atoms with van der Waals surface area (Å²) in [6, 6.07) is 7.15. The fourth-order valence-corrected chi connectivity index (χ4v) is 1.74. The molecule has 2 heteroatoms. The van der Waals surface area contributed by atoms with Gasteiger partial charge in [0.15, 0.2) is 0 Å². The van der Waals surface area contributed by atoms with E-state index < -0.39 is 0 Å². The SMILES string of the molecule is N#C[C@@H]1CCc2c(F)cccc21. The summed E-state index contributed by atoms with van der Waals surface area (Å²) >= 11 is 0. The van der Waals surface area contributed by atoms with Crippen LogP contribution >= 0.6 is 0 Å². The standard InChI is InChI=1S/C10H8FN/c11-10-3-1-2-8-7(6-12)4-5-9(8)10/h1-3,7H,4-5H2/t7-/m0/s1. The second-order valence-electron chi connectivity index (χ2n) is 3.03. The van der Waals surface area contributed by atoms with Crippen LogP contribution in [0.5, 0.6) is 0 Å². The van der Waals surface area contributed by atoms with Crippen molar-refractivity contribution in [3.05, 3.63) is 35.1 Å². The molecule has 0 bridgehead atoms. The second-order valence-corrected chi connectivity index (χ2v) is 3.03. The van der Waals surface area contributed by atoms with E-state index in [1.54, 1.807) is 6.07 Å². The molecular formula is C10H8FN. The van der Waals surface area contributed by atoms with Crippen molar-refractivity contribution >= 4 is 0 Å². The largest absolute Gasteiger partial charge is 0.207 e. The summed E-state index contributed by atoms with van der Waals surface area (Å²) in [6.07, 6.45) is 1.48. The van der Waals surface area contributed by atoms with Gasteiger partial charge in [-0.1, -0.05) is 12.1 Å². The summed E-state index contributed by atoms with van der Waals surface area (Å²) in [5, 5.41) is 8.73. The first-order valence-electron chi connectivity index (χ1n) is 4.00. The van der Waals surface area contributed by atoms with E-state index >= 15 is 0 Å². The van der Waals surface area contributed by atoms with Crippen LogP contribution in [0.15, 0.2) is 18.2 Å². The summed E-state index contributed by atoms with van der Waals surface area (Å²) in [5.41, 5.74) is 1.63. The molecular weight excluding hydrogens is 153 g/mol. The zero-order valence-corrected chi connectivity index (χ0v) is 6.55. The molecule has 0 fully saturated rings. The molecule has 1 aromatic carbocycles. The molecule has 2 rings (SSSR count). The van der Waals surface area contributed by atoms with Gasteiger partial charge < -0.3 is 0 Å². The van der Waals surface area contributed by atoms with Crippen molar-refractivity contribution in [2.24, 2.45) is 0 Å². The molecule has 0 aromatic heterocycles. The van der Waals surface area contributed by atoms with Gasteiger partial charge in [-0.15, -0.1) is 0 Å². The van der Waals surface area contributed by atoms with Crippen molar-refractivity contribution in [1.82, 2.24) is 0 Å². The minimum Gasteiger partial charge on any atom is -0.207 e. The lowest BCUT2D eigenvalue weighted by Gasteiger charge is -2.00. The Bertz CT molecular complexity index is 351. The summed E-state index contributed by atoms with van der Waals surface area (Å²) < 4.78 is 13.1. The van der Waals surface area contributed by atoms with E-state index in [1.807, 2.05) is 6.07 Å². The Morgan fingerprint density at radius 2 is 2.33 bits per heavy atom. The van der Waals surface area contributed by atoms with E-state index in [-0.39, 0.29) is 11.7 Å². The first-order valence-corrected chi connectivity index (χ1v) is 4.00. The van der Waals surface area contributed by atoms with Gasteiger partial charge in [-0.25, -0.2) is 4.39 Å². The number of hydrogen-bond donors (Lipinski definition) is 0. The number of hydrogen-bond acceptors (Lipinski definition) is 1. The lowest BCUT2D eigenvalue weighted by atomic mass is 10.0. The van der Waals surface area contributed by atoms with Crippen molar-refractivity contribution < 1.29 is 4.39 Å². The molecule has 1 aliphatic rings. The fraction of sp³-hybridized carbons (Fsp3) is 0.300. The minimum absolute atomic E-state index is 0.0873. The zero-order chi connectivity index (χ0) is 8.55. The van der Waals surface area contributed by atoms with E-state index in [2.05, 4.69) is 6.07 Å². The second kappa shape index (κ2) is 2.60. The summed E-state index contributed by atoms with van der Waals surface area (Å²) in [4.78, 5) is 0. The molecule has 0 saturated heterocycles. The monoisotopic (exact) mass is 161 g/mol. The molecule has 1 atom stereocenters. The summed E-state index contributed by atoms with van der Waals surface area (Å²) in [5.74, 6) is -0.249. The van der Waals surface area contributed by atoms with E-state index in [0.717, 1.165) is 17.5 Å². The van der Waals surface area contributed by atoms with Gasteiger partial charge in [-0.05, 0) is 30.0 Å². The van der Waals surface area contributed by atoms with Gasteiger partial charge in [0.1, 0.15) is 5.82 Å². The third-order valence-electron chi connectivity index (χ3n) is 2.37. The van der Waals surface area contributed by atoms with Crippen molar-refractivity contribution in [1.29, 1.82) is 5.26 Å². The molecule has 0 saturated carbocycles. The predicted octanol–water partition coefficient (Wildman–Crippen LogP) is 2.38. The number of nitrogens with zero attached hydrogens (tertiary/aromatic N) is 1. The Kier molecular flexibility index (Phi) is 1.58. The topological polar surface area (TPSA) is 23.8 Å². The number of halogens is 1. The molecule has 12 heavy (non-hydrogen) atoms. The highest BCUT2D eigenvalue weighted by Crippen LogP contribution is 2.33. The molecule has 0 amide bonds. The van der Waals surface area contributed by atoms with Crippen LogP contribution in [0.25, 0.3) is 0 Å². The summed E-state index contributed by atoms with van der Waals surface area (Å²) in [7, 11) is 0. The molecule has 0 unspecified atom stereocenters. The quantitative estimate of drug-likeness (QED) is 0.573. The molecule has 0 spiro atoms. The molecule has 1 aliphatic carbocycles. The van der Waals surface area contributed by atoms with E-state index in [9.17, 15) is 4.39 Å². The Balaban J connectivity index is 2.55. The van der Waals surface area contributed by atoms with Crippen molar-refractivity contribution in [2.45, 2.75) is 18.8 Å². The van der Waals surface area contributed by atoms with Gasteiger partial charge in [0, 0.05) is 0 Å². The number of benzene rings is 1. The minimum atomic E-state index is -0.162. The zero-order valence-electron chi connectivity index (χ0n) is 6.55. The Morgan fingerprint density at radius 1 is 1.50 bits per heavy atom. The van der Waals surface area contributed by atoms with Gasteiger partial charge in [-0.2, -0.15) is 5.26 Å². The predicted molar refractivity (Wildman–Crippen MR) is 43.1 cm³/mol. The highest BCUT2D eigenvalue weighted by Gasteiger charge is 2.23. The molecule has 60 valence electrons. The van der Waals surface area contributed by atoms with Crippen LogP contribution in [0.3, 0.4) is 0 Å². The third kappa shape index (κ3) is 0.902. The Labute approximate surface area is 70.4 Å². The first kappa shape index (κ1) is 7.30. The third-order valence-corrected chi connectivity index (χ3v) is 2.37. The van der Waals surface area contributed by atoms with Crippen LogP contribution < -0.4 is 0 Å². The lowest BCUT2D eigenvalue weighted by Crippen LogP contribution is -1.90. The van der Waals surface area contributed by atoms with Gasteiger partial charge in [0.25, 0.3) is 0 Å². The fourth-order valence-electron chi connectivity index (χ4n) is 1.74. The number of fused-ring (bicyclic) bond motifs is 1. The molecule has 1 aromatic rings. The van der Waals surface area contributed by atoms with E-state index in [4.69, 9.17) is 5.26 Å². The first-order chi connectivity index (χ1) is 5.83. The van der Waals surface area contributed by atoms with E-state index in [1.165, 1.54) is 6.07 Å². The Morgan fingerprint density at radius 3 is 3.08 bits per heavy atom. The van der Waals surface area contributed by atoms with Crippen LogP contribution in [-0.2, 0) is 6.42 Å². The number of rotatable bonds is 0. The highest BCUT2D eigenvalue weighted by atomic mass is 19.1. The maximum atomic E-state index is 13.1. The van der Waals surface area contributed by atoms with Gasteiger partial charge in [-0.3, -0.25) is 0 Å². The maximum absolute atomic E-state index is 13.1. The smallest absolute Gasteiger partial charge is 0.126 e. The van der Waals surface area contributed by atoms with Crippen molar-refractivity contribution in [2.75, 3.05) is 0 Å². The maximum Gasteiger partial charge on any atom is 0.126 e. The molecule has 0 aliphatic heterocycles. The van der Waals surface area contributed by atoms with Gasteiger partial charge >= 0.3 is 0 Å². The number of nitriles is 1. The highest BCUT2D eigenvalue weighted by molar-refractivity contribution is 5.39. The molecule has 0 N–H and O–H groups in total. The summed E-state index contributed by atoms with van der Waals surface area (Å²) in [6.45, 7) is 0. The average molecular weight is 161 g/mol. The normalized spacial score (nSPS) is 20.2. The van der Waals surface area contributed by atoms with Crippen LogP contribution in [-0.4, -0.2) is 0 Å². The van der Waals surface area contributed by atoms with Crippen molar-refractivity contribution in [3.63, 3.8) is 0 Å². The van der Waals surface area contributed by atoms with Crippen LogP contribution in [0.2, 0.25) is 0 Å². The van der Waals surface area contributed by atoms with Gasteiger partial charge in [0.2, 0.25) is 0 Å². The van der Waals surface area contributed by atoms with Crippen LogP contribution in [0.1, 0.15) is 23.5 Å². The molecule has 0 heterocycles. The lowest BCUT2D eigenvalue weighted by molar-refractivity contribution is 0.612. The average Bonchev–Trinajstić information content (AvgIpc) is 2.49. The molecule has 1 nitrogen and oxygen atoms in total. The van der Waals surface area contributed by atoms with E-state index in [0.29, 0.717) is 6.42 Å². The van der Waals surface area contributed by atoms with Crippen LogP contribution in [0.4, 0.5) is 4.39 Å². The molecule has 0 radical (unpaired) electrons. The van der Waals surface area contributed by atoms with Crippen LogP contribution in [0, 0.1) is 17.1 Å².